The van der Waals surface area contributed by atoms with Crippen LogP contribution < -0.4 is 5.73 Å². The van der Waals surface area contributed by atoms with Gasteiger partial charge in [0.05, 0.1) is 0 Å². The number of carbonyl (C=O) groups is 1. The van der Waals surface area contributed by atoms with Crippen molar-refractivity contribution < 1.29 is 9.53 Å². The summed E-state index contributed by atoms with van der Waals surface area (Å²) < 4.78 is 5.37. The molecule has 2 N–H and O–H groups in total. The predicted molar refractivity (Wildman–Crippen MR) is 64.2 cm³/mol. The normalized spacial score (nSPS) is 26.7. The highest BCUT2D eigenvalue weighted by molar-refractivity contribution is 5.68. The van der Waals surface area contributed by atoms with Gasteiger partial charge in [-0.05, 0) is 53.0 Å². The molecule has 0 radical (unpaired) electrons. The van der Waals surface area contributed by atoms with Crippen LogP contribution in [0.4, 0.5) is 4.79 Å². The molecule has 0 aromatic rings. The van der Waals surface area contributed by atoms with E-state index in [4.69, 9.17) is 10.5 Å². The fraction of sp³-hybridized carbons (Fsp3) is 0.917. The van der Waals surface area contributed by atoms with Gasteiger partial charge in [0.15, 0.2) is 0 Å². The van der Waals surface area contributed by atoms with E-state index < -0.39 is 5.60 Å². The summed E-state index contributed by atoms with van der Waals surface area (Å²) in [5.74, 6) is 0.550. The Morgan fingerprint density at radius 2 is 2.12 bits per heavy atom. The summed E-state index contributed by atoms with van der Waals surface area (Å²) in [5, 5.41) is 0. The van der Waals surface area contributed by atoms with Crippen LogP contribution in [-0.4, -0.2) is 35.7 Å². The van der Waals surface area contributed by atoms with Gasteiger partial charge in [-0.1, -0.05) is 0 Å². The van der Waals surface area contributed by atoms with Crippen LogP contribution in [0.3, 0.4) is 0 Å². The van der Waals surface area contributed by atoms with E-state index in [-0.39, 0.29) is 12.1 Å². The van der Waals surface area contributed by atoms with E-state index in [1.165, 1.54) is 0 Å². The van der Waals surface area contributed by atoms with Crippen molar-refractivity contribution in [1.82, 2.24) is 4.90 Å². The first-order valence-electron chi connectivity index (χ1n) is 6.03. The third kappa shape index (κ3) is 3.67. The van der Waals surface area contributed by atoms with Crippen molar-refractivity contribution in [2.45, 2.75) is 52.2 Å². The lowest BCUT2D eigenvalue weighted by Gasteiger charge is -2.38. The average Bonchev–Trinajstić information content (AvgIpc) is 2.14. The van der Waals surface area contributed by atoms with Crippen molar-refractivity contribution in [3.63, 3.8) is 0 Å². The van der Waals surface area contributed by atoms with E-state index in [2.05, 4.69) is 6.92 Å². The lowest BCUT2D eigenvalue weighted by Crippen LogP contribution is -2.47. The predicted octanol–water partition coefficient (Wildman–Crippen LogP) is 1.98. The van der Waals surface area contributed by atoms with Crippen LogP contribution in [0.15, 0.2) is 0 Å². The van der Waals surface area contributed by atoms with Crippen LogP contribution in [0, 0.1) is 5.92 Å². The zero-order valence-corrected chi connectivity index (χ0v) is 10.8. The quantitative estimate of drug-likeness (QED) is 0.746. The van der Waals surface area contributed by atoms with Crippen molar-refractivity contribution in [3.05, 3.63) is 0 Å². The van der Waals surface area contributed by atoms with E-state index in [9.17, 15) is 4.79 Å². The van der Waals surface area contributed by atoms with E-state index in [0.29, 0.717) is 12.5 Å². The number of rotatable bonds is 1. The molecule has 0 aromatic heterocycles. The Morgan fingerprint density at radius 3 is 2.56 bits per heavy atom. The highest BCUT2D eigenvalue weighted by Crippen LogP contribution is 2.23. The molecule has 0 unspecified atom stereocenters. The first-order chi connectivity index (χ1) is 7.33. The van der Waals surface area contributed by atoms with Crippen LogP contribution in [0.1, 0.15) is 40.5 Å². The number of likely N-dealkylation sites (tertiary alicyclic amines) is 1. The van der Waals surface area contributed by atoms with Gasteiger partial charge in [-0.15, -0.1) is 0 Å². The second kappa shape index (κ2) is 5.04. The summed E-state index contributed by atoms with van der Waals surface area (Å²) in [6.45, 7) is 9.21. The van der Waals surface area contributed by atoms with E-state index >= 15 is 0 Å². The molecule has 1 rings (SSSR count). The zero-order valence-electron chi connectivity index (χ0n) is 10.8. The maximum Gasteiger partial charge on any atom is 0.410 e. The molecule has 94 valence electrons. The fourth-order valence-corrected chi connectivity index (χ4v) is 2.08. The summed E-state index contributed by atoms with van der Waals surface area (Å²) >= 11 is 0. The van der Waals surface area contributed by atoms with Crippen LogP contribution in [0.25, 0.3) is 0 Å². The van der Waals surface area contributed by atoms with Gasteiger partial charge in [-0.25, -0.2) is 4.79 Å². The van der Waals surface area contributed by atoms with Crippen LogP contribution >= 0.6 is 0 Å². The van der Waals surface area contributed by atoms with Crippen molar-refractivity contribution in [3.8, 4) is 0 Å². The first kappa shape index (κ1) is 13.3. The maximum atomic E-state index is 11.9. The number of hydrogen-bond acceptors (Lipinski definition) is 3. The second-order valence-corrected chi connectivity index (χ2v) is 5.65. The van der Waals surface area contributed by atoms with Crippen LogP contribution in [0.2, 0.25) is 0 Å². The Kier molecular flexibility index (Phi) is 4.19. The Morgan fingerprint density at radius 1 is 1.50 bits per heavy atom. The van der Waals surface area contributed by atoms with Gasteiger partial charge in [0.25, 0.3) is 0 Å². The Bertz CT molecular complexity index is 248. The molecule has 0 aromatic carbocycles. The molecule has 0 bridgehead atoms. The van der Waals surface area contributed by atoms with Crippen molar-refractivity contribution in [2.75, 3.05) is 13.1 Å². The van der Waals surface area contributed by atoms with E-state index in [1.54, 1.807) is 0 Å². The summed E-state index contributed by atoms with van der Waals surface area (Å²) in [7, 11) is 0. The lowest BCUT2D eigenvalue weighted by molar-refractivity contribution is 0.00758. The fourth-order valence-electron chi connectivity index (χ4n) is 2.08. The van der Waals surface area contributed by atoms with Crippen LogP contribution in [0.5, 0.6) is 0 Å². The van der Waals surface area contributed by atoms with Gasteiger partial charge in [0.2, 0.25) is 0 Å². The molecule has 16 heavy (non-hydrogen) atoms. The second-order valence-electron chi connectivity index (χ2n) is 5.65. The van der Waals surface area contributed by atoms with Gasteiger partial charge < -0.3 is 15.4 Å². The smallest absolute Gasteiger partial charge is 0.410 e. The summed E-state index contributed by atoms with van der Waals surface area (Å²) in [4.78, 5) is 13.7. The zero-order chi connectivity index (χ0) is 12.3. The Labute approximate surface area is 98.1 Å². The molecule has 1 saturated heterocycles. The number of piperidine rings is 1. The van der Waals surface area contributed by atoms with Crippen molar-refractivity contribution in [1.29, 1.82) is 0 Å². The lowest BCUT2D eigenvalue weighted by atomic mass is 9.92. The Balaban J connectivity index is 2.52. The minimum absolute atomic E-state index is 0.199. The number of nitrogens with two attached hydrogens (primary N) is 1. The van der Waals surface area contributed by atoms with Gasteiger partial charge in [0.1, 0.15) is 5.60 Å². The molecule has 0 aliphatic carbocycles. The number of amides is 1. The molecule has 1 aliphatic heterocycles. The molecule has 0 spiro atoms. The summed E-state index contributed by atoms with van der Waals surface area (Å²) in [6, 6.07) is 0.233. The van der Waals surface area contributed by atoms with Crippen LogP contribution in [-0.2, 0) is 4.74 Å². The average molecular weight is 228 g/mol. The molecular formula is C12H24N2O2. The molecule has 4 heteroatoms. The number of carbonyl (C=O) groups excluding carboxylic acids is 1. The number of ether oxygens (including phenoxy) is 1. The largest absolute Gasteiger partial charge is 0.444 e. The maximum absolute atomic E-state index is 11.9. The topological polar surface area (TPSA) is 55.6 Å². The highest BCUT2D eigenvalue weighted by atomic mass is 16.6. The first-order valence-corrected chi connectivity index (χ1v) is 6.03. The Hall–Kier alpha value is -0.770. The molecule has 1 aliphatic rings. The molecular weight excluding hydrogens is 204 g/mol. The molecule has 1 fully saturated rings. The van der Waals surface area contributed by atoms with Gasteiger partial charge in [-0.2, -0.15) is 0 Å². The minimum Gasteiger partial charge on any atom is -0.444 e. The molecule has 0 saturated carbocycles. The molecule has 4 nitrogen and oxygen atoms in total. The number of hydrogen-bond donors (Lipinski definition) is 1. The van der Waals surface area contributed by atoms with E-state index in [1.807, 2.05) is 25.7 Å². The summed E-state index contributed by atoms with van der Waals surface area (Å²) in [6.07, 6.45) is 1.77. The highest BCUT2D eigenvalue weighted by Gasteiger charge is 2.30. The van der Waals surface area contributed by atoms with Crippen molar-refractivity contribution in [2.24, 2.45) is 11.7 Å². The third-order valence-electron chi connectivity index (χ3n) is 2.95. The van der Waals surface area contributed by atoms with E-state index in [0.717, 1.165) is 19.4 Å². The summed E-state index contributed by atoms with van der Waals surface area (Å²) in [5.41, 5.74) is 5.24. The molecule has 1 heterocycles. The molecule has 2 atom stereocenters. The van der Waals surface area contributed by atoms with Gasteiger partial charge in [-0.3, -0.25) is 0 Å². The third-order valence-corrected chi connectivity index (χ3v) is 2.95. The van der Waals surface area contributed by atoms with Gasteiger partial charge >= 0.3 is 6.09 Å². The SMILES string of the molecule is C[C@@H]1C[C@H](CN)CCN1C(=O)OC(C)(C)C. The van der Waals surface area contributed by atoms with Gasteiger partial charge in [0, 0.05) is 12.6 Å². The minimum atomic E-state index is -0.415. The standard InChI is InChI=1S/C12H24N2O2/c1-9-7-10(8-13)5-6-14(9)11(15)16-12(2,3)4/h9-10H,5-8,13H2,1-4H3/t9-,10-/m1/s1. The monoisotopic (exact) mass is 228 g/mol. The number of nitrogens with zero attached hydrogens (tertiary/aromatic N) is 1. The molecule has 1 amide bonds. The van der Waals surface area contributed by atoms with Crippen molar-refractivity contribution >= 4 is 6.09 Å².